The van der Waals surface area contributed by atoms with E-state index >= 15 is 0 Å². The molecular weight excluding hydrogens is 290 g/mol. The highest BCUT2D eigenvalue weighted by Crippen LogP contribution is 2.27. The first-order chi connectivity index (χ1) is 10.3. The van der Waals surface area contributed by atoms with Gasteiger partial charge in [-0.05, 0) is 25.7 Å². The number of rotatable bonds is 7. The summed E-state index contributed by atoms with van der Waals surface area (Å²) in [6, 6.07) is -1.53. The smallest absolute Gasteiger partial charge is 0.322 e. The van der Waals surface area contributed by atoms with E-state index in [1.807, 2.05) is 0 Å². The first-order valence-electron chi connectivity index (χ1n) is 7.38. The van der Waals surface area contributed by atoms with Crippen LogP contribution in [-0.2, 0) is 19.2 Å². The fraction of sp³-hybridized carbons (Fsp3) is 0.714. The van der Waals surface area contributed by atoms with Crippen molar-refractivity contribution < 1.29 is 24.3 Å². The largest absolute Gasteiger partial charge is 0.480 e. The standard InChI is InChI=1S/C14H23N3O5/c1-8(13(21)15-7-11(19)20)16-14(22)12(17-9(2)18)10-5-3-4-6-10/h8,10,12H,3-7H2,1-2H3,(H,15,21)(H,16,22)(H,17,18)(H,19,20)/t8-,12-/m0/s1. The number of carbonyl (C=O) groups excluding carboxylic acids is 3. The minimum atomic E-state index is -1.16. The Morgan fingerprint density at radius 1 is 1.09 bits per heavy atom. The lowest BCUT2D eigenvalue weighted by Gasteiger charge is -2.25. The molecule has 0 spiro atoms. The van der Waals surface area contributed by atoms with Gasteiger partial charge in [0.1, 0.15) is 18.6 Å². The highest BCUT2D eigenvalue weighted by atomic mass is 16.4. The van der Waals surface area contributed by atoms with E-state index in [-0.39, 0.29) is 11.8 Å². The van der Waals surface area contributed by atoms with Crippen LogP contribution in [0.15, 0.2) is 0 Å². The van der Waals surface area contributed by atoms with Crippen molar-refractivity contribution >= 4 is 23.7 Å². The molecule has 124 valence electrons. The second-order valence-corrected chi connectivity index (χ2v) is 5.56. The monoisotopic (exact) mass is 313 g/mol. The molecule has 0 aromatic heterocycles. The minimum Gasteiger partial charge on any atom is -0.480 e. The number of amides is 3. The average Bonchev–Trinajstić information content (AvgIpc) is 2.95. The quantitative estimate of drug-likeness (QED) is 0.499. The molecule has 0 aromatic rings. The highest BCUT2D eigenvalue weighted by Gasteiger charge is 2.32. The third-order valence-corrected chi connectivity index (χ3v) is 3.68. The van der Waals surface area contributed by atoms with Crippen molar-refractivity contribution in [1.82, 2.24) is 16.0 Å². The molecule has 1 fully saturated rings. The molecule has 0 heterocycles. The molecule has 8 heteroatoms. The number of carboxylic acids is 1. The molecule has 0 radical (unpaired) electrons. The molecular formula is C14H23N3O5. The van der Waals surface area contributed by atoms with Crippen molar-refractivity contribution in [3.63, 3.8) is 0 Å². The summed E-state index contributed by atoms with van der Waals surface area (Å²) < 4.78 is 0. The van der Waals surface area contributed by atoms with Crippen LogP contribution in [0.4, 0.5) is 0 Å². The third kappa shape index (κ3) is 5.71. The van der Waals surface area contributed by atoms with E-state index in [4.69, 9.17) is 5.11 Å². The molecule has 0 aromatic carbocycles. The van der Waals surface area contributed by atoms with Gasteiger partial charge in [0.05, 0.1) is 0 Å². The number of nitrogens with one attached hydrogen (secondary N) is 3. The maximum absolute atomic E-state index is 12.3. The van der Waals surface area contributed by atoms with Gasteiger partial charge in [0, 0.05) is 6.92 Å². The molecule has 1 aliphatic carbocycles. The van der Waals surface area contributed by atoms with Crippen LogP contribution < -0.4 is 16.0 Å². The summed E-state index contributed by atoms with van der Waals surface area (Å²) in [6.45, 7) is 2.31. The van der Waals surface area contributed by atoms with Crippen molar-refractivity contribution in [2.45, 2.75) is 51.6 Å². The van der Waals surface area contributed by atoms with Gasteiger partial charge in [0.2, 0.25) is 17.7 Å². The van der Waals surface area contributed by atoms with Crippen LogP contribution in [0.2, 0.25) is 0 Å². The van der Waals surface area contributed by atoms with Gasteiger partial charge in [-0.3, -0.25) is 19.2 Å². The number of carbonyl (C=O) groups is 4. The molecule has 0 aliphatic heterocycles. The van der Waals surface area contributed by atoms with Gasteiger partial charge < -0.3 is 21.1 Å². The Bertz CT molecular complexity index is 446. The first kappa shape index (κ1) is 17.9. The number of carboxylic acid groups (broad SMARTS) is 1. The Kier molecular flexibility index (Phi) is 6.81. The third-order valence-electron chi connectivity index (χ3n) is 3.68. The fourth-order valence-electron chi connectivity index (χ4n) is 2.59. The van der Waals surface area contributed by atoms with Crippen LogP contribution in [0.3, 0.4) is 0 Å². The zero-order valence-corrected chi connectivity index (χ0v) is 12.8. The van der Waals surface area contributed by atoms with E-state index in [1.54, 1.807) is 0 Å². The van der Waals surface area contributed by atoms with Gasteiger partial charge in [-0.2, -0.15) is 0 Å². The van der Waals surface area contributed by atoms with E-state index in [0.29, 0.717) is 0 Å². The van der Waals surface area contributed by atoms with Gasteiger partial charge in [-0.25, -0.2) is 0 Å². The normalized spacial score (nSPS) is 17.4. The molecule has 1 rings (SSSR count). The number of aliphatic carboxylic acids is 1. The minimum absolute atomic E-state index is 0.0678. The van der Waals surface area contributed by atoms with Crippen molar-refractivity contribution in [3.8, 4) is 0 Å². The predicted molar refractivity (Wildman–Crippen MR) is 77.8 cm³/mol. The molecule has 0 unspecified atom stereocenters. The number of hydrogen-bond donors (Lipinski definition) is 4. The number of hydrogen-bond acceptors (Lipinski definition) is 4. The second kappa shape index (κ2) is 8.35. The van der Waals surface area contributed by atoms with E-state index in [0.717, 1.165) is 25.7 Å². The van der Waals surface area contributed by atoms with E-state index < -0.39 is 36.4 Å². The van der Waals surface area contributed by atoms with Crippen LogP contribution >= 0.6 is 0 Å². The summed E-state index contributed by atoms with van der Waals surface area (Å²) in [7, 11) is 0. The van der Waals surface area contributed by atoms with Crippen LogP contribution in [0.1, 0.15) is 39.5 Å². The van der Waals surface area contributed by atoms with Crippen LogP contribution in [0.25, 0.3) is 0 Å². The molecule has 1 saturated carbocycles. The summed E-state index contributed by atoms with van der Waals surface area (Å²) in [4.78, 5) is 45.6. The lowest BCUT2D eigenvalue weighted by Crippen LogP contribution is -2.54. The highest BCUT2D eigenvalue weighted by molar-refractivity contribution is 5.92. The first-order valence-corrected chi connectivity index (χ1v) is 7.38. The van der Waals surface area contributed by atoms with E-state index in [9.17, 15) is 19.2 Å². The maximum Gasteiger partial charge on any atom is 0.322 e. The summed E-state index contributed by atoms with van der Waals surface area (Å²) >= 11 is 0. The summed E-state index contributed by atoms with van der Waals surface area (Å²) in [5, 5.41) is 15.9. The lowest BCUT2D eigenvalue weighted by molar-refractivity contribution is -0.138. The zero-order chi connectivity index (χ0) is 16.7. The second-order valence-electron chi connectivity index (χ2n) is 5.56. The predicted octanol–water partition coefficient (Wildman–Crippen LogP) is -0.613. The molecule has 22 heavy (non-hydrogen) atoms. The van der Waals surface area contributed by atoms with Gasteiger partial charge in [-0.1, -0.05) is 12.8 Å². The molecule has 8 nitrogen and oxygen atoms in total. The van der Waals surface area contributed by atoms with Crippen molar-refractivity contribution in [2.75, 3.05) is 6.54 Å². The molecule has 0 bridgehead atoms. The Labute approximate surface area is 129 Å². The lowest BCUT2D eigenvalue weighted by atomic mass is 9.97. The van der Waals surface area contributed by atoms with Gasteiger partial charge >= 0.3 is 5.97 Å². The summed E-state index contributed by atoms with van der Waals surface area (Å²) in [5.74, 6) is -2.38. The van der Waals surface area contributed by atoms with Crippen molar-refractivity contribution in [1.29, 1.82) is 0 Å². The molecule has 3 amide bonds. The molecule has 4 N–H and O–H groups in total. The Morgan fingerprint density at radius 3 is 2.18 bits per heavy atom. The molecule has 0 saturated heterocycles. The summed E-state index contributed by atoms with van der Waals surface area (Å²) in [6.07, 6.45) is 3.75. The molecule has 2 atom stereocenters. The Balaban J connectivity index is 2.59. The van der Waals surface area contributed by atoms with Crippen LogP contribution in [-0.4, -0.2) is 47.4 Å². The van der Waals surface area contributed by atoms with Crippen molar-refractivity contribution in [2.24, 2.45) is 5.92 Å². The summed E-state index contributed by atoms with van der Waals surface area (Å²) in [5.41, 5.74) is 0. The molecule has 1 aliphatic rings. The Hall–Kier alpha value is -2.12. The fourth-order valence-corrected chi connectivity index (χ4v) is 2.59. The Morgan fingerprint density at radius 2 is 1.68 bits per heavy atom. The topological polar surface area (TPSA) is 125 Å². The average molecular weight is 313 g/mol. The maximum atomic E-state index is 12.3. The van der Waals surface area contributed by atoms with Gasteiger partial charge in [-0.15, -0.1) is 0 Å². The van der Waals surface area contributed by atoms with Gasteiger partial charge in [0.15, 0.2) is 0 Å². The van der Waals surface area contributed by atoms with Crippen molar-refractivity contribution in [3.05, 3.63) is 0 Å². The van der Waals surface area contributed by atoms with E-state index in [1.165, 1.54) is 13.8 Å². The van der Waals surface area contributed by atoms with Crippen LogP contribution in [0.5, 0.6) is 0 Å². The SMILES string of the molecule is CC(=O)N[C@H](C(=O)N[C@@H](C)C(=O)NCC(=O)O)C1CCCC1. The van der Waals surface area contributed by atoms with Gasteiger partial charge in [0.25, 0.3) is 0 Å². The zero-order valence-electron chi connectivity index (χ0n) is 12.8. The van der Waals surface area contributed by atoms with Crippen LogP contribution in [0, 0.1) is 5.92 Å². The van der Waals surface area contributed by atoms with E-state index in [2.05, 4.69) is 16.0 Å².